The van der Waals surface area contributed by atoms with Gasteiger partial charge in [0.15, 0.2) is 5.11 Å². The Morgan fingerprint density at radius 3 is 2.42 bits per heavy atom. The second-order valence-corrected chi connectivity index (χ2v) is 6.15. The maximum absolute atomic E-state index is 12.3. The van der Waals surface area contributed by atoms with Crippen LogP contribution < -0.4 is 5.32 Å². The highest BCUT2D eigenvalue weighted by molar-refractivity contribution is 7.80. The first kappa shape index (κ1) is 16.6. The van der Waals surface area contributed by atoms with Gasteiger partial charge in [-0.15, -0.1) is 0 Å². The molecule has 124 valence electrons. The van der Waals surface area contributed by atoms with Crippen LogP contribution in [-0.2, 0) is 4.74 Å². The molecule has 1 saturated heterocycles. The topological polar surface area (TPSA) is 41.6 Å². The molecule has 5 heteroatoms. The fourth-order valence-corrected chi connectivity index (χ4v) is 3.27. The molecule has 2 aromatic carbocycles. The molecule has 1 heterocycles. The van der Waals surface area contributed by atoms with Crippen LogP contribution in [0.1, 0.15) is 28.9 Å². The molecule has 0 aliphatic carbocycles. The van der Waals surface area contributed by atoms with Crippen molar-refractivity contribution in [3.63, 3.8) is 0 Å². The van der Waals surface area contributed by atoms with E-state index in [1.54, 1.807) is 12.1 Å². The van der Waals surface area contributed by atoms with Gasteiger partial charge in [0.2, 0.25) is 0 Å². The van der Waals surface area contributed by atoms with Crippen molar-refractivity contribution in [1.82, 2.24) is 10.2 Å². The number of hydrogen-bond donors (Lipinski definition) is 1. The summed E-state index contributed by atoms with van der Waals surface area (Å²) in [4.78, 5) is 14.3. The zero-order valence-electron chi connectivity index (χ0n) is 13.5. The van der Waals surface area contributed by atoms with Gasteiger partial charge >= 0.3 is 0 Å². The summed E-state index contributed by atoms with van der Waals surface area (Å²) >= 11 is 5.47. The third-order valence-electron chi connectivity index (χ3n) is 4.20. The van der Waals surface area contributed by atoms with E-state index in [9.17, 15) is 4.79 Å². The summed E-state index contributed by atoms with van der Waals surface area (Å²) in [7, 11) is 0. The first-order valence-corrected chi connectivity index (χ1v) is 8.41. The zero-order valence-corrected chi connectivity index (χ0v) is 14.3. The van der Waals surface area contributed by atoms with Gasteiger partial charge in [-0.05, 0) is 36.8 Å². The monoisotopic (exact) mass is 340 g/mol. The molecule has 0 aromatic heterocycles. The molecule has 1 fully saturated rings. The SMILES string of the molecule is C[C@H]1[C@H](c2ccccc2)OCCN1C(=S)NC(=O)c1ccccc1. The summed E-state index contributed by atoms with van der Waals surface area (Å²) < 4.78 is 5.93. The number of carbonyl (C=O) groups excluding carboxylic acids is 1. The lowest BCUT2D eigenvalue weighted by molar-refractivity contribution is -0.0413. The number of nitrogens with zero attached hydrogens (tertiary/aromatic N) is 1. The van der Waals surface area contributed by atoms with Gasteiger partial charge < -0.3 is 9.64 Å². The van der Waals surface area contributed by atoms with E-state index in [1.807, 2.05) is 41.3 Å². The number of amides is 1. The summed E-state index contributed by atoms with van der Waals surface area (Å²) in [6, 6.07) is 19.2. The van der Waals surface area contributed by atoms with Crippen LogP contribution in [0.5, 0.6) is 0 Å². The number of morpholine rings is 1. The zero-order chi connectivity index (χ0) is 16.9. The summed E-state index contributed by atoms with van der Waals surface area (Å²) in [5, 5.41) is 3.28. The number of thiocarbonyl (C=S) groups is 1. The van der Waals surface area contributed by atoms with E-state index >= 15 is 0 Å². The van der Waals surface area contributed by atoms with Crippen molar-refractivity contribution < 1.29 is 9.53 Å². The average Bonchev–Trinajstić information content (AvgIpc) is 2.63. The molecule has 2 atom stereocenters. The second kappa shape index (κ2) is 7.55. The predicted molar refractivity (Wildman–Crippen MR) is 97.8 cm³/mol. The van der Waals surface area contributed by atoms with Crippen molar-refractivity contribution in [2.75, 3.05) is 13.2 Å². The van der Waals surface area contributed by atoms with Gasteiger partial charge in [-0.25, -0.2) is 0 Å². The van der Waals surface area contributed by atoms with Crippen LogP contribution in [-0.4, -0.2) is 35.1 Å². The highest BCUT2D eigenvalue weighted by Gasteiger charge is 2.31. The number of hydrogen-bond acceptors (Lipinski definition) is 3. The number of nitrogens with one attached hydrogen (secondary N) is 1. The fourth-order valence-electron chi connectivity index (χ4n) is 2.92. The highest BCUT2D eigenvalue weighted by atomic mass is 32.1. The second-order valence-electron chi connectivity index (χ2n) is 5.76. The Kier molecular flexibility index (Phi) is 5.23. The van der Waals surface area contributed by atoms with Crippen LogP contribution in [0.4, 0.5) is 0 Å². The molecule has 1 aliphatic heterocycles. The lowest BCUT2D eigenvalue weighted by Gasteiger charge is -2.40. The first-order valence-electron chi connectivity index (χ1n) is 8.00. The third-order valence-corrected chi connectivity index (χ3v) is 4.54. The van der Waals surface area contributed by atoms with Crippen LogP contribution in [0.3, 0.4) is 0 Å². The number of rotatable bonds is 2. The number of benzene rings is 2. The molecule has 0 spiro atoms. The average molecular weight is 340 g/mol. The Hall–Kier alpha value is -2.24. The van der Waals surface area contributed by atoms with E-state index in [0.717, 1.165) is 5.56 Å². The Balaban J connectivity index is 1.69. The van der Waals surface area contributed by atoms with E-state index < -0.39 is 0 Å². The molecule has 0 saturated carbocycles. The predicted octanol–water partition coefficient (Wildman–Crippen LogP) is 3.16. The maximum Gasteiger partial charge on any atom is 0.257 e. The number of ether oxygens (including phenoxy) is 1. The minimum atomic E-state index is -0.185. The molecule has 24 heavy (non-hydrogen) atoms. The highest BCUT2D eigenvalue weighted by Crippen LogP contribution is 2.28. The molecule has 2 aromatic rings. The summed E-state index contributed by atoms with van der Waals surface area (Å²) in [6.45, 7) is 3.31. The Labute approximate surface area is 147 Å². The van der Waals surface area contributed by atoms with Crippen LogP contribution in [0.2, 0.25) is 0 Å². The molecule has 0 unspecified atom stereocenters. The normalized spacial score (nSPS) is 20.5. The van der Waals surface area contributed by atoms with Crippen LogP contribution in [0, 0.1) is 0 Å². The first-order chi connectivity index (χ1) is 11.7. The van der Waals surface area contributed by atoms with E-state index in [-0.39, 0.29) is 18.1 Å². The van der Waals surface area contributed by atoms with Crippen molar-refractivity contribution >= 4 is 23.2 Å². The summed E-state index contributed by atoms with van der Waals surface area (Å²) in [5.41, 5.74) is 1.72. The van der Waals surface area contributed by atoms with Gasteiger partial charge in [0, 0.05) is 12.1 Å². The molecule has 4 nitrogen and oxygen atoms in total. The third kappa shape index (κ3) is 3.63. The van der Waals surface area contributed by atoms with Crippen molar-refractivity contribution in [3.05, 3.63) is 71.8 Å². The number of carbonyl (C=O) groups is 1. The lowest BCUT2D eigenvalue weighted by Crippen LogP contribution is -2.53. The van der Waals surface area contributed by atoms with E-state index in [4.69, 9.17) is 17.0 Å². The van der Waals surface area contributed by atoms with Crippen LogP contribution >= 0.6 is 12.2 Å². The molecule has 1 amide bonds. The van der Waals surface area contributed by atoms with Gasteiger partial charge in [-0.3, -0.25) is 10.1 Å². The lowest BCUT2D eigenvalue weighted by atomic mass is 10.0. The molecular weight excluding hydrogens is 320 g/mol. The van der Waals surface area contributed by atoms with Crippen molar-refractivity contribution in [1.29, 1.82) is 0 Å². The fraction of sp³-hybridized carbons (Fsp3) is 0.263. The molecular formula is C19H20N2O2S. The maximum atomic E-state index is 12.3. The minimum Gasteiger partial charge on any atom is -0.370 e. The van der Waals surface area contributed by atoms with Gasteiger partial charge in [0.1, 0.15) is 6.10 Å². The largest absolute Gasteiger partial charge is 0.370 e. The standard InChI is InChI=1S/C19H20N2O2S/c1-14-17(15-8-4-2-5-9-15)23-13-12-21(14)19(24)20-18(22)16-10-6-3-7-11-16/h2-11,14,17H,12-13H2,1H3,(H,20,22,24)/t14-,17+/m0/s1. The van der Waals surface area contributed by atoms with E-state index in [2.05, 4.69) is 24.4 Å². The Bertz CT molecular complexity index is 706. The smallest absolute Gasteiger partial charge is 0.257 e. The molecule has 1 aliphatic rings. The van der Waals surface area contributed by atoms with E-state index in [0.29, 0.717) is 23.8 Å². The Morgan fingerprint density at radius 2 is 1.75 bits per heavy atom. The van der Waals surface area contributed by atoms with Crippen molar-refractivity contribution in [2.24, 2.45) is 0 Å². The summed E-state index contributed by atoms with van der Waals surface area (Å²) in [5.74, 6) is -0.185. The van der Waals surface area contributed by atoms with Gasteiger partial charge in [-0.1, -0.05) is 48.5 Å². The van der Waals surface area contributed by atoms with Gasteiger partial charge in [-0.2, -0.15) is 0 Å². The van der Waals surface area contributed by atoms with Crippen LogP contribution in [0.25, 0.3) is 0 Å². The van der Waals surface area contributed by atoms with Gasteiger partial charge in [0.05, 0.1) is 12.6 Å². The van der Waals surface area contributed by atoms with Gasteiger partial charge in [0.25, 0.3) is 5.91 Å². The summed E-state index contributed by atoms with van der Waals surface area (Å²) in [6.07, 6.45) is -0.0634. The molecule has 3 rings (SSSR count). The van der Waals surface area contributed by atoms with Crippen molar-refractivity contribution in [2.45, 2.75) is 19.1 Å². The molecule has 1 N–H and O–H groups in total. The molecule has 0 radical (unpaired) electrons. The molecule has 0 bridgehead atoms. The van der Waals surface area contributed by atoms with Crippen molar-refractivity contribution in [3.8, 4) is 0 Å². The van der Waals surface area contributed by atoms with Crippen LogP contribution in [0.15, 0.2) is 60.7 Å². The minimum absolute atomic E-state index is 0.0460. The van der Waals surface area contributed by atoms with E-state index in [1.165, 1.54) is 0 Å². The quantitative estimate of drug-likeness (QED) is 0.853. The Morgan fingerprint density at radius 1 is 1.12 bits per heavy atom.